The Morgan fingerprint density at radius 2 is 2.41 bits per heavy atom. The molecule has 0 atom stereocenters. The molecule has 94 valence electrons. The van der Waals surface area contributed by atoms with E-state index in [2.05, 4.69) is 35.5 Å². The van der Waals surface area contributed by atoms with E-state index in [0.717, 1.165) is 26.1 Å². The molecule has 2 heterocycles. The molecule has 0 bridgehead atoms. The van der Waals surface area contributed by atoms with Gasteiger partial charge in [0.1, 0.15) is 0 Å². The van der Waals surface area contributed by atoms with Gasteiger partial charge in [0.25, 0.3) is 0 Å². The zero-order chi connectivity index (χ0) is 12.3. The van der Waals surface area contributed by atoms with Gasteiger partial charge >= 0.3 is 0 Å². The van der Waals surface area contributed by atoms with Crippen LogP contribution in [0.1, 0.15) is 24.3 Å². The van der Waals surface area contributed by atoms with Crippen molar-refractivity contribution < 1.29 is 4.79 Å². The molecule has 1 aliphatic heterocycles. The molecular weight excluding hydrogens is 232 g/mol. The molecule has 0 aromatic carbocycles. The maximum absolute atomic E-state index is 11.7. The predicted molar refractivity (Wildman–Crippen MR) is 71.1 cm³/mol. The summed E-state index contributed by atoms with van der Waals surface area (Å²) in [6, 6.07) is 2.18. The van der Waals surface area contributed by atoms with Crippen LogP contribution in [0.2, 0.25) is 0 Å². The Kier molecular flexibility index (Phi) is 4.18. The molecule has 17 heavy (non-hydrogen) atoms. The predicted octanol–water partition coefficient (Wildman–Crippen LogP) is 1.88. The van der Waals surface area contributed by atoms with E-state index in [0.29, 0.717) is 12.5 Å². The molecule has 0 unspecified atom stereocenters. The number of carbonyl (C=O) groups is 1. The van der Waals surface area contributed by atoms with Crippen LogP contribution in [0.4, 0.5) is 0 Å². The molecule has 1 aromatic rings. The molecule has 0 spiro atoms. The number of fused-ring (bicyclic) bond motifs is 1. The van der Waals surface area contributed by atoms with Gasteiger partial charge in [-0.15, -0.1) is 11.3 Å². The standard InChI is InChI=1S/C13H20N2OS/c1-10(2)7-14-13(16)9-15-5-3-12-11(8-15)4-6-17-12/h4,6,10H,3,5,7-9H2,1-2H3,(H,14,16). The summed E-state index contributed by atoms with van der Waals surface area (Å²) in [5, 5.41) is 5.12. The summed E-state index contributed by atoms with van der Waals surface area (Å²) in [6.07, 6.45) is 1.09. The first-order chi connectivity index (χ1) is 8.15. The maximum atomic E-state index is 11.7. The molecule has 1 amide bonds. The Hall–Kier alpha value is -0.870. The number of rotatable bonds is 4. The zero-order valence-corrected chi connectivity index (χ0v) is 11.3. The lowest BCUT2D eigenvalue weighted by Crippen LogP contribution is -2.40. The van der Waals surface area contributed by atoms with Crippen molar-refractivity contribution in [2.45, 2.75) is 26.8 Å². The third kappa shape index (κ3) is 3.54. The fourth-order valence-electron chi connectivity index (χ4n) is 2.02. The molecule has 3 nitrogen and oxygen atoms in total. The number of carbonyl (C=O) groups excluding carboxylic acids is 1. The molecule has 4 heteroatoms. The first-order valence-electron chi connectivity index (χ1n) is 6.19. The number of nitrogens with one attached hydrogen (secondary N) is 1. The highest BCUT2D eigenvalue weighted by atomic mass is 32.1. The molecule has 1 aromatic heterocycles. The second-order valence-corrected chi connectivity index (χ2v) is 6.03. The normalized spacial score (nSPS) is 15.9. The lowest BCUT2D eigenvalue weighted by atomic mass is 10.1. The molecule has 0 radical (unpaired) electrons. The third-order valence-electron chi connectivity index (χ3n) is 2.96. The van der Waals surface area contributed by atoms with E-state index in [1.165, 1.54) is 10.4 Å². The molecule has 0 fully saturated rings. The number of hydrogen-bond donors (Lipinski definition) is 1. The van der Waals surface area contributed by atoms with Crippen molar-refractivity contribution in [3.63, 3.8) is 0 Å². The van der Waals surface area contributed by atoms with Gasteiger partial charge < -0.3 is 5.32 Å². The lowest BCUT2D eigenvalue weighted by molar-refractivity contribution is -0.122. The highest BCUT2D eigenvalue weighted by Gasteiger charge is 2.18. The van der Waals surface area contributed by atoms with E-state index in [-0.39, 0.29) is 5.91 Å². The summed E-state index contributed by atoms with van der Waals surface area (Å²) < 4.78 is 0. The van der Waals surface area contributed by atoms with Crippen LogP contribution in [-0.4, -0.2) is 30.4 Å². The lowest BCUT2D eigenvalue weighted by Gasteiger charge is -2.26. The van der Waals surface area contributed by atoms with Gasteiger partial charge in [-0.05, 0) is 29.3 Å². The average molecular weight is 252 g/mol. The summed E-state index contributed by atoms with van der Waals surface area (Å²) >= 11 is 1.83. The van der Waals surface area contributed by atoms with Crippen LogP contribution in [0.25, 0.3) is 0 Å². The van der Waals surface area contributed by atoms with Gasteiger partial charge in [0.05, 0.1) is 6.54 Å². The molecule has 1 aliphatic rings. The Bertz CT molecular complexity index is 387. The van der Waals surface area contributed by atoms with E-state index in [1.807, 2.05) is 11.3 Å². The fraction of sp³-hybridized carbons (Fsp3) is 0.615. The molecule has 0 saturated carbocycles. The highest BCUT2D eigenvalue weighted by molar-refractivity contribution is 7.10. The Labute approximate surface area is 107 Å². The molecular formula is C13H20N2OS. The van der Waals surface area contributed by atoms with E-state index in [9.17, 15) is 4.79 Å². The second kappa shape index (κ2) is 5.65. The summed E-state index contributed by atoms with van der Waals surface area (Å²) in [6.45, 7) is 7.45. The van der Waals surface area contributed by atoms with Crippen LogP contribution < -0.4 is 5.32 Å². The average Bonchev–Trinajstić information content (AvgIpc) is 2.73. The van der Waals surface area contributed by atoms with E-state index >= 15 is 0 Å². The van der Waals surface area contributed by atoms with Crippen molar-refractivity contribution in [3.05, 3.63) is 21.9 Å². The zero-order valence-electron chi connectivity index (χ0n) is 10.5. The smallest absolute Gasteiger partial charge is 0.234 e. The van der Waals surface area contributed by atoms with Gasteiger partial charge in [-0.25, -0.2) is 0 Å². The van der Waals surface area contributed by atoms with Crippen molar-refractivity contribution >= 4 is 17.2 Å². The van der Waals surface area contributed by atoms with Crippen molar-refractivity contribution in [1.29, 1.82) is 0 Å². The van der Waals surface area contributed by atoms with Gasteiger partial charge in [0.15, 0.2) is 0 Å². The van der Waals surface area contributed by atoms with Crippen molar-refractivity contribution in [2.75, 3.05) is 19.6 Å². The topological polar surface area (TPSA) is 32.3 Å². The molecule has 1 N–H and O–H groups in total. The maximum Gasteiger partial charge on any atom is 0.234 e. The first kappa shape index (κ1) is 12.6. The number of nitrogens with zero attached hydrogens (tertiary/aromatic N) is 1. The van der Waals surface area contributed by atoms with Crippen LogP contribution in [0, 0.1) is 5.92 Å². The summed E-state index contributed by atoms with van der Waals surface area (Å²) in [5.74, 6) is 0.668. The van der Waals surface area contributed by atoms with Gasteiger partial charge in [0, 0.05) is 24.5 Å². The van der Waals surface area contributed by atoms with Gasteiger partial charge in [-0.2, -0.15) is 0 Å². The largest absolute Gasteiger partial charge is 0.355 e. The molecule has 2 rings (SSSR count). The van der Waals surface area contributed by atoms with Gasteiger partial charge in [-0.3, -0.25) is 9.69 Å². The molecule has 0 saturated heterocycles. The van der Waals surface area contributed by atoms with Crippen LogP contribution >= 0.6 is 11.3 Å². The van der Waals surface area contributed by atoms with Crippen LogP contribution in [0.3, 0.4) is 0 Å². The van der Waals surface area contributed by atoms with Crippen LogP contribution in [-0.2, 0) is 17.8 Å². The Balaban J connectivity index is 1.79. The monoisotopic (exact) mass is 252 g/mol. The van der Waals surface area contributed by atoms with E-state index in [1.54, 1.807) is 0 Å². The van der Waals surface area contributed by atoms with Crippen LogP contribution in [0.15, 0.2) is 11.4 Å². The summed E-state index contributed by atoms with van der Waals surface area (Å²) in [4.78, 5) is 15.4. The van der Waals surface area contributed by atoms with E-state index in [4.69, 9.17) is 0 Å². The van der Waals surface area contributed by atoms with Gasteiger partial charge in [0.2, 0.25) is 5.91 Å². The van der Waals surface area contributed by atoms with Crippen molar-refractivity contribution in [2.24, 2.45) is 5.92 Å². The second-order valence-electron chi connectivity index (χ2n) is 5.03. The minimum Gasteiger partial charge on any atom is -0.355 e. The molecule has 0 aliphatic carbocycles. The van der Waals surface area contributed by atoms with Gasteiger partial charge in [-0.1, -0.05) is 13.8 Å². The first-order valence-corrected chi connectivity index (χ1v) is 7.07. The number of hydrogen-bond acceptors (Lipinski definition) is 3. The SMILES string of the molecule is CC(C)CNC(=O)CN1CCc2sccc2C1. The minimum absolute atomic E-state index is 0.150. The van der Waals surface area contributed by atoms with E-state index < -0.39 is 0 Å². The van der Waals surface area contributed by atoms with Crippen molar-refractivity contribution in [1.82, 2.24) is 10.2 Å². The Morgan fingerprint density at radius 1 is 1.59 bits per heavy atom. The fourth-order valence-corrected chi connectivity index (χ4v) is 2.91. The highest BCUT2D eigenvalue weighted by Crippen LogP contribution is 2.23. The Morgan fingerprint density at radius 3 is 3.18 bits per heavy atom. The van der Waals surface area contributed by atoms with Crippen LogP contribution in [0.5, 0.6) is 0 Å². The number of thiophene rings is 1. The summed E-state index contributed by atoms with van der Waals surface area (Å²) in [5.41, 5.74) is 1.40. The summed E-state index contributed by atoms with van der Waals surface area (Å²) in [7, 11) is 0. The minimum atomic E-state index is 0.150. The van der Waals surface area contributed by atoms with Crippen molar-refractivity contribution in [3.8, 4) is 0 Å². The quantitative estimate of drug-likeness (QED) is 0.887. The number of amides is 1. The third-order valence-corrected chi connectivity index (χ3v) is 3.98.